The van der Waals surface area contributed by atoms with Crippen LogP contribution in [-0.4, -0.2) is 59.6 Å². The molecule has 0 saturated carbocycles. The second-order valence-electron chi connectivity index (χ2n) is 5.91. The molecule has 5 nitrogen and oxygen atoms in total. The summed E-state index contributed by atoms with van der Waals surface area (Å²) in [6, 6.07) is 0. The predicted molar refractivity (Wildman–Crippen MR) is 85.7 cm³/mol. The van der Waals surface area contributed by atoms with Crippen molar-refractivity contribution in [1.82, 2.24) is 0 Å². The minimum atomic E-state index is -0.990. The Kier molecular flexibility index (Phi) is 10.7. The van der Waals surface area contributed by atoms with Gasteiger partial charge in [0.1, 0.15) is 24.4 Å². The number of hydrogen-bond acceptors (Lipinski definition) is 5. The molecule has 0 unspecified atom stereocenters. The summed E-state index contributed by atoms with van der Waals surface area (Å²) in [6.07, 6.45) is 9.46. The molecule has 0 spiro atoms. The Morgan fingerprint density at radius 1 is 1.14 bits per heavy atom. The number of allylic oxidation sites excluding steroid dienone is 1. The second-order valence-corrected chi connectivity index (χ2v) is 5.91. The number of unbranched alkanes of at least 4 members (excludes halogenated alkanes) is 5. The van der Waals surface area contributed by atoms with E-state index in [-0.39, 0.29) is 13.2 Å². The Morgan fingerprint density at radius 3 is 2.50 bits per heavy atom. The lowest BCUT2D eigenvalue weighted by molar-refractivity contribution is -0.0996. The molecule has 1 aliphatic rings. The van der Waals surface area contributed by atoms with Gasteiger partial charge in [-0.3, -0.25) is 0 Å². The average molecular weight is 316 g/mol. The van der Waals surface area contributed by atoms with Crippen LogP contribution in [0.4, 0.5) is 0 Å². The standard InChI is InChI=1S/C17H32O5/c1-2-3-4-5-6-7-8-9-10-11-21-15(12-18)17-16(20)14(19)13-22-17/h8-9,14-20H,2-7,10-13H2,1H3/b9-8+/t14-,15+,16-,17-/m0/s1. The molecule has 1 fully saturated rings. The largest absolute Gasteiger partial charge is 0.394 e. The molecule has 0 aliphatic carbocycles. The van der Waals surface area contributed by atoms with Crippen molar-refractivity contribution in [2.45, 2.75) is 76.3 Å². The van der Waals surface area contributed by atoms with Crippen LogP contribution < -0.4 is 0 Å². The van der Waals surface area contributed by atoms with Crippen molar-refractivity contribution in [3.05, 3.63) is 12.2 Å². The zero-order chi connectivity index (χ0) is 16.2. The van der Waals surface area contributed by atoms with E-state index in [0.717, 1.165) is 12.8 Å². The maximum atomic E-state index is 9.74. The predicted octanol–water partition coefficient (Wildman–Crippen LogP) is 1.79. The van der Waals surface area contributed by atoms with Crippen LogP contribution in [0.25, 0.3) is 0 Å². The second kappa shape index (κ2) is 12.0. The quantitative estimate of drug-likeness (QED) is 0.378. The molecule has 0 aromatic heterocycles. The average Bonchev–Trinajstić information content (AvgIpc) is 2.85. The van der Waals surface area contributed by atoms with Gasteiger partial charge in [0.2, 0.25) is 0 Å². The summed E-state index contributed by atoms with van der Waals surface area (Å²) in [4.78, 5) is 0. The lowest BCUT2D eigenvalue weighted by Gasteiger charge is -2.24. The molecule has 1 saturated heterocycles. The van der Waals surface area contributed by atoms with Crippen LogP contribution in [0.5, 0.6) is 0 Å². The first-order valence-corrected chi connectivity index (χ1v) is 8.55. The van der Waals surface area contributed by atoms with Crippen LogP contribution in [-0.2, 0) is 9.47 Å². The Bertz CT molecular complexity index is 295. The lowest BCUT2D eigenvalue weighted by atomic mass is 10.1. The number of aliphatic hydroxyl groups excluding tert-OH is 3. The summed E-state index contributed by atoms with van der Waals surface area (Å²) in [5, 5.41) is 28.5. The Morgan fingerprint density at radius 2 is 1.86 bits per heavy atom. The molecule has 0 amide bonds. The zero-order valence-electron chi connectivity index (χ0n) is 13.7. The van der Waals surface area contributed by atoms with Crippen molar-refractivity contribution in [1.29, 1.82) is 0 Å². The van der Waals surface area contributed by atoms with Crippen LogP contribution in [0.1, 0.15) is 51.9 Å². The first-order chi connectivity index (χ1) is 10.7. The van der Waals surface area contributed by atoms with Gasteiger partial charge in [0.05, 0.1) is 19.8 Å². The smallest absolute Gasteiger partial charge is 0.114 e. The third-order valence-electron chi connectivity index (χ3n) is 3.99. The van der Waals surface area contributed by atoms with Gasteiger partial charge >= 0.3 is 0 Å². The fourth-order valence-electron chi connectivity index (χ4n) is 2.59. The van der Waals surface area contributed by atoms with Crippen molar-refractivity contribution in [3.8, 4) is 0 Å². The number of ether oxygens (including phenoxy) is 2. The number of hydrogen-bond donors (Lipinski definition) is 3. The van der Waals surface area contributed by atoms with E-state index in [2.05, 4.69) is 19.1 Å². The summed E-state index contributed by atoms with van der Waals surface area (Å²) in [7, 11) is 0. The summed E-state index contributed by atoms with van der Waals surface area (Å²) < 4.78 is 10.8. The van der Waals surface area contributed by atoms with E-state index in [1.165, 1.54) is 32.1 Å². The summed E-state index contributed by atoms with van der Waals surface area (Å²) in [6.45, 7) is 2.55. The molecule has 3 N–H and O–H groups in total. The molecule has 0 bridgehead atoms. The van der Waals surface area contributed by atoms with E-state index in [4.69, 9.17) is 9.47 Å². The van der Waals surface area contributed by atoms with Gasteiger partial charge in [0.25, 0.3) is 0 Å². The lowest BCUT2D eigenvalue weighted by Crippen LogP contribution is -2.42. The van der Waals surface area contributed by atoms with Crippen molar-refractivity contribution >= 4 is 0 Å². The van der Waals surface area contributed by atoms with Gasteiger partial charge in [-0.05, 0) is 19.3 Å². The summed E-state index contributed by atoms with van der Waals surface area (Å²) >= 11 is 0. The number of aliphatic hydroxyl groups is 3. The minimum absolute atomic E-state index is 0.0869. The third-order valence-corrected chi connectivity index (χ3v) is 3.99. The fraction of sp³-hybridized carbons (Fsp3) is 0.882. The molecular weight excluding hydrogens is 284 g/mol. The fourth-order valence-corrected chi connectivity index (χ4v) is 2.59. The zero-order valence-corrected chi connectivity index (χ0v) is 13.7. The normalized spacial score (nSPS) is 26.8. The highest BCUT2D eigenvalue weighted by molar-refractivity contribution is 4.89. The first-order valence-electron chi connectivity index (χ1n) is 8.55. The van der Waals surface area contributed by atoms with Gasteiger partial charge in [0, 0.05) is 0 Å². The maximum Gasteiger partial charge on any atom is 0.114 e. The van der Waals surface area contributed by atoms with Crippen LogP contribution in [0.3, 0.4) is 0 Å². The highest BCUT2D eigenvalue weighted by atomic mass is 16.6. The molecule has 4 atom stereocenters. The Labute approximate surface area is 133 Å². The molecule has 130 valence electrons. The van der Waals surface area contributed by atoms with Crippen molar-refractivity contribution in [3.63, 3.8) is 0 Å². The van der Waals surface area contributed by atoms with Crippen LogP contribution in [0.2, 0.25) is 0 Å². The summed E-state index contributed by atoms with van der Waals surface area (Å²) in [5.41, 5.74) is 0. The van der Waals surface area contributed by atoms with E-state index in [9.17, 15) is 15.3 Å². The molecule has 5 heteroatoms. The highest BCUT2D eigenvalue weighted by Crippen LogP contribution is 2.19. The van der Waals surface area contributed by atoms with Gasteiger partial charge in [-0.2, -0.15) is 0 Å². The maximum absolute atomic E-state index is 9.74. The monoisotopic (exact) mass is 316 g/mol. The van der Waals surface area contributed by atoms with E-state index in [1.807, 2.05) is 0 Å². The minimum Gasteiger partial charge on any atom is -0.394 e. The summed E-state index contributed by atoms with van der Waals surface area (Å²) in [5.74, 6) is 0. The molecule has 1 aliphatic heterocycles. The number of rotatable bonds is 12. The highest BCUT2D eigenvalue weighted by Gasteiger charge is 2.40. The molecule has 1 heterocycles. The van der Waals surface area contributed by atoms with E-state index in [1.54, 1.807) is 0 Å². The van der Waals surface area contributed by atoms with Gasteiger partial charge < -0.3 is 24.8 Å². The molecule has 0 aromatic rings. The third kappa shape index (κ3) is 7.20. The van der Waals surface area contributed by atoms with Crippen LogP contribution >= 0.6 is 0 Å². The SMILES string of the molecule is CCCCCCC/C=C/CCO[C@H](CO)[C@@H]1OC[C@H](O)[C@@H]1O. The molecule has 0 aromatic carbocycles. The van der Waals surface area contributed by atoms with Gasteiger partial charge in [-0.1, -0.05) is 44.8 Å². The van der Waals surface area contributed by atoms with Crippen LogP contribution in [0.15, 0.2) is 12.2 Å². The van der Waals surface area contributed by atoms with Crippen molar-refractivity contribution in [2.24, 2.45) is 0 Å². The van der Waals surface area contributed by atoms with Gasteiger partial charge in [-0.15, -0.1) is 0 Å². The Balaban J connectivity index is 2.07. The van der Waals surface area contributed by atoms with Gasteiger partial charge in [0.15, 0.2) is 0 Å². The molecule has 22 heavy (non-hydrogen) atoms. The van der Waals surface area contributed by atoms with Gasteiger partial charge in [-0.25, -0.2) is 0 Å². The van der Waals surface area contributed by atoms with E-state index in [0.29, 0.717) is 6.61 Å². The molecular formula is C17H32O5. The van der Waals surface area contributed by atoms with Crippen molar-refractivity contribution in [2.75, 3.05) is 19.8 Å². The molecule has 0 radical (unpaired) electrons. The van der Waals surface area contributed by atoms with E-state index >= 15 is 0 Å². The first kappa shape index (κ1) is 19.6. The van der Waals surface area contributed by atoms with E-state index < -0.39 is 24.4 Å². The molecule has 1 rings (SSSR count). The topological polar surface area (TPSA) is 79.2 Å². The van der Waals surface area contributed by atoms with Crippen LogP contribution in [0, 0.1) is 0 Å². The van der Waals surface area contributed by atoms with Crippen molar-refractivity contribution < 1.29 is 24.8 Å². The Hall–Kier alpha value is -0.460.